The Balaban J connectivity index is 1.29. The van der Waals surface area contributed by atoms with Crippen LogP contribution in [-0.4, -0.2) is 77.1 Å². The topological polar surface area (TPSA) is 89.6 Å². The van der Waals surface area contributed by atoms with Gasteiger partial charge in [0.15, 0.2) is 5.82 Å². The Bertz CT molecular complexity index is 1980. The molecular weight excluding hydrogens is 600 g/mol. The first kappa shape index (κ1) is 29.0. The van der Waals surface area contributed by atoms with E-state index in [0.717, 1.165) is 19.4 Å². The maximum Gasteiger partial charge on any atom is 0.319 e. The summed E-state index contributed by atoms with van der Waals surface area (Å²) in [6.07, 6.45) is 8.91. The molecule has 8 nitrogen and oxygen atoms in total. The number of rotatable bonds is 5. The van der Waals surface area contributed by atoms with E-state index in [2.05, 4.69) is 20.8 Å². The molecule has 0 bridgehead atoms. The summed E-state index contributed by atoms with van der Waals surface area (Å²) in [6.45, 7) is 2.45. The van der Waals surface area contributed by atoms with Crippen LogP contribution in [0, 0.1) is 29.9 Å². The van der Waals surface area contributed by atoms with Crippen molar-refractivity contribution in [2.45, 2.75) is 37.0 Å². The van der Waals surface area contributed by atoms with Gasteiger partial charge in [0, 0.05) is 41.8 Å². The standard InChI is InChI=1S/C34H30F4N6O2/c1-2-21-25(36)5-4-19-10-20(39)11-22(26(19)21)29-28(38)30-23(14-40-29)32(44-8-9-45-16-24-27(37)31(24)44)42-33(41-30)46-17-34-6-3-7-43(34)15-18(12-34)13-35/h1,4-5,10-11,13-14,24,27,31H,3,6-9,12,15-17,39H2/b18-13+/t24-,27-,31-,34-/m0/s1. The Labute approximate surface area is 262 Å². The molecule has 4 aromatic rings. The van der Waals surface area contributed by atoms with Gasteiger partial charge in [0.05, 0.1) is 42.1 Å². The SMILES string of the molecule is C#Cc1c(F)ccc2cc(N)cc(-c3ncc4c(N5CCOC[C@H]6[C@H](F)[C@H]65)nc(OC[C@@]56CCCN5C/C(=C/F)C6)nc4c3F)c12. The van der Waals surface area contributed by atoms with E-state index in [0.29, 0.717) is 49.1 Å². The van der Waals surface area contributed by atoms with Gasteiger partial charge in [-0.15, -0.1) is 6.42 Å². The lowest BCUT2D eigenvalue weighted by Gasteiger charge is -2.31. The minimum Gasteiger partial charge on any atom is -0.461 e. The Kier molecular flexibility index (Phi) is 6.81. The van der Waals surface area contributed by atoms with Crippen LogP contribution in [0.25, 0.3) is 32.9 Å². The van der Waals surface area contributed by atoms with Crippen LogP contribution in [0.5, 0.6) is 6.01 Å². The number of ether oxygens (including phenoxy) is 2. The fourth-order valence-electron chi connectivity index (χ4n) is 7.62. The first-order valence-electron chi connectivity index (χ1n) is 15.3. The number of alkyl halides is 1. The molecule has 0 amide bonds. The molecule has 2 aromatic heterocycles. The molecular formula is C34H30F4N6O2. The Morgan fingerprint density at radius 2 is 2.09 bits per heavy atom. The molecule has 4 fully saturated rings. The predicted octanol–water partition coefficient (Wildman–Crippen LogP) is 5.33. The molecule has 8 rings (SSSR count). The molecule has 1 saturated carbocycles. The molecule has 46 heavy (non-hydrogen) atoms. The van der Waals surface area contributed by atoms with Crippen LogP contribution in [-0.2, 0) is 4.74 Å². The highest BCUT2D eigenvalue weighted by Crippen LogP contribution is 2.46. The van der Waals surface area contributed by atoms with Crippen molar-refractivity contribution in [1.29, 1.82) is 0 Å². The lowest BCUT2D eigenvalue weighted by molar-refractivity contribution is 0.108. The number of nitrogens with zero attached hydrogens (tertiary/aromatic N) is 5. The Morgan fingerprint density at radius 3 is 2.91 bits per heavy atom. The second-order valence-corrected chi connectivity index (χ2v) is 12.6. The zero-order chi connectivity index (χ0) is 31.7. The van der Waals surface area contributed by atoms with Crippen molar-refractivity contribution >= 4 is 33.2 Å². The second kappa shape index (κ2) is 10.8. The third-order valence-corrected chi connectivity index (χ3v) is 9.90. The number of nitrogen functional groups attached to an aromatic ring is 1. The van der Waals surface area contributed by atoms with Crippen molar-refractivity contribution in [2.75, 3.05) is 50.1 Å². The maximum atomic E-state index is 16.8. The number of anilines is 2. The third-order valence-electron chi connectivity index (χ3n) is 9.90. The second-order valence-electron chi connectivity index (χ2n) is 12.6. The van der Waals surface area contributed by atoms with Gasteiger partial charge >= 0.3 is 6.01 Å². The van der Waals surface area contributed by atoms with Crippen LogP contribution >= 0.6 is 0 Å². The minimum absolute atomic E-state index is 0.0434. The Hall–Kier alpha value is -4.47. The van der Waals surface area contributed by atoms with Gasteiger partial charge in [-0.1, -0.05) is 12.0 Å². The van der Waals surface area contributed by atoms with Gasteiger partial charge in [-0.3, -0.25) is 9.88 Å². The molecule has 0 unspecified atom stereocenters. The monoisotopic (exact) mass is 630 g/mol. The Morgan fingerprint density at radius 1 is 1.22 bits per heavy atom. The van der Waals surface area contributed by atoms with Gasteiger partial charge < -0.3 is 20.1 Å². The van der Waals surface area contributed by atoms with Gasteiger partial charge in [0.2, 0.25) is 0 Å². The zero-order valence-corrected chi connectivity index (χ0v) is 24.8. The van der Waals surface area contributed by atoms with Crippen molar-refractivity contribution in [1.82, 2.24) is 19.9 Å². The lowest BCUT2D eigenvalue weighted by Crippen LogP contribution is -2.43. The van der Waals surface area contributed by atoms with Crippen LogP contribution in [0.2, 0.25) is 0 Å². The number of pyridine rings is 1. The van der Waals surface area contributed by atoms with E-state index in [1.165, 1.54) is 24.4 Å². The number of halogens is 4. The largest absolute Gasteiger partial charge is 0.461 e. The zero-order valence-electron chi connectivity index (χ0n) is 24.8. The highest BCUT2D eigenvalue weighted by Gasteiger charge is 2.56. The van der Waals surface area contributed by atoms with Crippen molar-refractivity contribution < 1.29 is 27.0 Å². The summed E-state index contributed by atoms with van der Waals surface area (Å²) < 4.78 is 72.0. The van der Waals surface area contributed by atoms with Crippen LogP contribution in [0.15, 0.2) is 42.4 Å². The molecule has 4 aliphatic rings. The molecule has 1 aliphatic carbocycles. The van der Waals surface area contributed by atoms with Gasteiger partial charge in [-0.25, -0.2) is 17.6 Å². The highest BCUT2D eigenvalue weighted by atomic mass is 19.1. The van der Waals surface area contributed by atoms with Gasteiger partial charge in [-0.05, 0) is 55.0 Å². The smallest absolute Gasteiger partial charge is 0.319 e. The van der Waals surface area contributed by atoms with Crippen molar-refractivity contribution in [3.8, 4) is 29.6 Å². The first-order valence-corrected chi connectivity index (χ1v) is 15.3. The molecule has 0 radical (unpaired) electrons. The molecule has 0 spiro atoms. The molecule has 12 heteroatoms. The van der Waals surface area contributed by atoms with Crippen LogP contribution < -0.4 is 15.4 Å². The van der Waals surface area contributed by atoms with E-state index < -0.39 is 29.4 Å². The maximum absolute atomic E-state index is 16.8. The summed E-state index contributed by atoms with van der Waals surface area (Å²) in [7, 11) is 0. The number of terminal acetylenes is 1. The number of hydrogen-bond acceptors (Lipinski definition) is 8. The molecule has 5 heterocycles. The number of nitrogens with two attached hydrogens (primary N) is 1. The minimum atomic E-state index is -1.13. The fourth-order valence-corrected chi connectivity index (χ4v) is 7.62. The van der Waals surface area contributed by atoms with E-state index in [1.54, 1.807) is 11.0 Å². The fraction of sp³-hybridized carbons (Fsp3) is 0.382. The first-order chi connectivity index (χ1) is 22.3. The highest BCUT2D eigenvalue weighted by molar-refractivity contribution is 6.03. The van der Waals surface area contributed by atoms with Crippen LogP contribution in [0.4, 0.5) is 29.1 Å². The summed E-state index contributed by atoms with van der Waals surface area (Å²) in [5.41, 5.74) is 6.69. The molecule has 2 N–H and O–H groups in total. The van der Waals surface area contributed by atoms with Crippen LogP contribution in [0.1, 0.15) is 24.8 Å². The molecule has 236 valence electrons. The van der Waals surface area contributed by atoms with E-state index in [1.807, 2.05) is 0 Å². The quantitative estimate of drug-likeness (QED) is 0.180. The van der Waals surface area contributed by atoms with Gasteiger partial charge in [0.25, 0.3) is 0 Å². The van der Waals surface area contributed by atoms with Crippen molar-refractivity contribution in [3.63, 3.8) is 0 Å². The van der Waals surface area contributed by atoms with E-state index in [9.17, 15) is 13.2 Å². The van der Waals surface area contributed by atoms with E-state index in [-0.39, 0.29) is 64.1 Å². The normalized spacial score (nSPS) is 26.7. The number of aromatic nitrogens is 3. The van der Waals surface area contributed by atoms with Crippen LogP contribution in [0.3, 0.4) is 0 Å². The summed E-state index contributed by atoms with van der Waals surface area (Å²) in [5, 5.41) is 1.07. The van der Waals surface area contributed by atoms with Gasteiger partial charge in [-0.2, -0.15) is 9.97 Å². The molecule has 2 aromatic carbocycles. The average Bonchev–Trinajstić information content (AvgIpc) is 3.41. The number of hydrogen-bond donors (Lipinski definition) is 1. The summed E-state index contributed by atoms with van der Waals surface area (Å²) in [4.78, 5) is 17.7. The van der Waals surface area contributed by atoms with Crippen molar-refractivity contribution in [2.24, 2.45) is 5.92 Å². The number of fused-ring (bicyclic) bond motifs is 4. The lowest BCUT2D eigenvalue weighted by atomic mass is 9.94. The summed E-state index contributed by atoms with van der Waals surface area (Å²) in [6, 6.07) is 5.30. The predicted molar refractivity (Wildman–Crippen MR) is 166 cm³/mol. The number of benzene rings is 2. The average molecular weight is 631 g/mol. The molecule has 4 atom stereocenters. The van der Waals surface area contributed by atoms with Gasteiger partial charge in [0.1, 0.15) is 35.6 Å². The van der Waals surface area contributed by atoms with E-state index >= 15 is 4.39 Å². The molecule has 3 saturated heterocycles. The molecule has 3 aliphatic heterocycles. The third kappa shape index (κ3) is 4.47. The summed E-state index contributed by atoms with van der Waals surface area (Å²) in [5.74, 6) is 0.873. The summed E-state index contributed by atoms with van der Waals surface area (Å²) >= 11 is 0. The van der Waals surface area contributed by atoms with E-state index in [4.69, 9.17) is 26.6 Å². The van der Waals surface area contributed by atoms with Crippen molar-refractivity contribution in [3.05, 3.63) is 59.6 Å².